The first-order valence-electron chi connectivity index (χ1n) is 10.7. The van der Waals surface area contributed by atoms with E-state index in [2.05, 4.69) is 19.7 Å². The fourth-order valence-electron chi connectivity index (χ4n) is 3.58. The Bertz CT molecular complexity index is 1210. The summed E-state index contributed by atoms with van der Waals surface area (Å²) < 4.78 is 7.44. The molecule has 168 valence electrons. The average Bonchev–Trinajstić information content (AvgIpc) is 3.39. The summed E-state index contributed by atoms with van der Waals surface area (Å²) in [7, 11) is 1.64. The summed E-state index contributed by atoms with van der Waals surface area (Å²) in [5, 5.41) is 11.7. The molecule has 4 aromatic rings. The molecule has 0 N–H and O–H groups in total. The molecule has 0 atom stereocenters. The van der Waals surface area contributed by atoms with Gasteiger partial charge in [-0.2, -0.15) is 0 Å². The van der Waals surface area contributed by atoms with Gasteiger partial charge in [-0.1, -0.05) is 17.8 Å². The highest BCUT2D eigenvalue weighted by Crippen LogP contribution is 2.41. The molecule has 0 bridgehead atoms. The van der Waals surface area contributed by atoms with Crippen LogP contribution in [0.5, 0.6) is 5.75 Å². The van der Waals surface area contributed by atoms with Crippen LogP contribution in [0, 0.1) is 0 Å². The van der Waals surface area contributed by atoms with Crippen LogP contribution >= 0.6 is 23.1 Å². The number of ether oxygens (including phenoxy) is 1. The predicted octanol–water partition coefficient (Wildman–Crippen LogP) is 5.07. The minimum atomic E-state index is 0.0226. The Morgan fingerprint density at radius 1 is 1.15 bits per heavy atom. The summed E-state index contributed by atoms with van der Waals surface area (Å²) in [6, 6.07) is 15.9. The van der Waals surface area contributed by atoms with E-state index in [0.29, 0.717) is 12.6 Å². The fourth-order valence-corrected chi connectivity index (χ4v) is 5.16. The maximum atomic E-state index is 13.4. The van der Waals surface area contributed by atoms with E-state index < -0.39 is 0 Å². The van der Waals surface area contributed by atoms with Crippen molar-refractivity contribution >= 4 is 34.7 Å². The number of aromatic nitrogens is 4. The Morgan fingerprint density at radius 3 is 2.61 bits per heavy atom. The van der Waals surface area contributed by atoms with Gasteiger partial charge in [-0.05, 0) is 60.7 Å². The maximum absolute atomic E-state index is 13.4. The van der Waals surface area contributed by atoms with Gasteiger partial charge in [0.15, 0.2) is 11.0 Å². The molecule has 1 aliphatic rings. The van der Waals surface area contributed by atoms with Crippen molar-refractivity contribution in [3.05, 3.63) is 71.2 Å². The highest BCUT2D eigenvalue weighted by atomic mass is 32.2. The molecule has 9 heteroatoms. The van der Waals surface area contributed by atoms with E-state index in [-0.39, 0.29) is 11.7 Å². The number of carbonyl (C=O) groups is 1. The Labute approximate surface area is 200 Å². The molecule has 33 heavy (non-hydrogen) atoms. The van der Waals surface area contributed by atoms with Crippen LogP contribution in [0.1, 0.15) is 23.8 Å². The van der Waals surface area contributed by atoms with Gasteiger partial charge in [0, 0.05) is 34.6 Å². The van der Waals surface area contributed by atoms with E-state index in [4.69, 9.17) is 4.74 Å². The summed E-state index contributed by atoms with van der Waals surface area (Å²) in [6.07, 6.45) is 5.73. The number of anilines is 1. The van der Waals surface area contributed by atoms with Crippen molar-refractivity contribution in [2.45, 2.75) is 30.6 Å². The summed E-state index contributed by atoms with van der Waals surface area (Å²) in [4.78, 5) is 20.4. The SMILES string of the molecule is COc1ccc(N(Cc2cccs2)C(=O)CSc2nnc(-c3ccncc3)n2C2CC2)cc1. The predicted molar refractivity (Wildman–Crippen MR) is 131 cm³/mol. The van der Waals surface area contributed by atoms with Gasteiger partial charge in [-0.15, -0.1) is 21.5 Å². The van der Waals surface area contributed by atoms with Crippen LogP contribution in [0.2, 0.25) is 0 Å². The lowest BCUT2D eigenvalue weighted by molar-refractivity contribution is -0.116. The second-order valence-electron chi connectivity index (χ2n) is 7.69. The number of methoxy groups -OCH3 is 1. The van der Waals surface area contributed by atoms with Gasteiger partial charge in [0.25, 0.3) is 0 Å². The van der Waals surface area contributed by atoms with Gasteiger partial charge < -0.3 is 9.64 Å². The fraction of sp³-hybridized carbons (Fsp3) is 0.250. The summed E-state index contributed by atoms with van der Waals surface area (Å²) in [6.45, 7) is 0.529. The van der Waals surface area contributed by atoms with Gasteiger partial charge >= 0.3 is 0 Å². The normalized spacial score (nSPS) is 13.1. The molecule has 0 aliphatic heterocycles. The van der Waals surface area contributed by atoms with E-state index in [9.17, 15) is 4.79 Å². The largest absolute Gasteiger partial charge is 0.497 e. The van der Waals surface area contributed by atoms with Crippen LogP contribution in [0.4, 0.5) is 5.69 Å². The molecule has 0 radical (unpaired) electrons. The number of benzene rings is 1. The van der Waals surface area contributed by atoms with Crippen molar-refractivity contribution < 1.29 is 9.53 Å². The number of pyridine rings is 1. The first-order chi connectivity index (χ1) is 16.2. The first kappa shape index (κ1) is 21.7. The van der Waals surface area contributed by atoms with Crippen molar-refractivity contribution in [3.63, 3.8) is 0 Å². The zero-order valence-corrected chi connectivity index (χ0v) is 19.8. The molecule has 1 aromatic carbocycles. The van der Waals surface area contributed by atoms with Crippen molar-refractivity contribution in [3.8, 4) is 17.1 Å². The molecule has 1 saturated carbocycles. The standard InChI is InChI=1S/C24H23N5O2S2/c1-31-20-8-6-18(7-9-20)28(15-21-3-2-14-32-21)22(30)16-33-24-27-26-23(29(24)19-4-5-19)17-10-12-25-13-11-17/h2-3,6-14,19H,4-5,15-16H2,1H3. The lowest BCUT2D eigenvalue weighted by atomic mass is 10.2. The summed E-state index contributed by atoms with van der Waals surface area (Å²) >= 11 is 3.09. The molecule has 1 fully saturated rings. The van der Waals surface area contributed by atoms with Crippen molar-refractivity contribution in [2.24, 2.45) is 0 Å². The number of nitrogens with zero attached hydrogens (tertiary/aromatic N) is 5. The highest BCUT2D eigenvalue weighted by Gasteiger charge is 2.30. The van der Waals surface area contributed by atoms with Crippen LogP contribution in [-0.4, -0.2) is 38.5 Å². The molecule has 7 nitrogen and oxygen atoms in total. The molecule has 1 amide bonds. The Kier molecular flexibility index (Phi) is 6.41. The molecule has 0 unspecified atom stereocenters. The van der Waals surface area contributed by atoms with Crippen LogP contribution < -0.4 is 9.64 Å². The second kappa shape index (κ2) is 9.76. The van der Waals surface area contributed by atoms with Crippen molar-refractivity contribution in [1.29, 1.82) is 0 Å². The lowest BCUT2D eigenvalue weighted by Gasteiger charge is -2.22. The van der Waals surface area contributed by atoms with E-state index in [0.717, 1.165) is 45.7 Å². The minimum absolute atomic E-state index is 0.0226. The topological polar surface area (TPSA) is 73.1 Å². The van der Waals surface area contributed by atoms with E-state index in [1.54, 1.807) is 30.8 Å². The monoisotopic (exact) mass is 477 g/mol. The van der Waals surface area contributed by atoms with Crippen LogP contribution in [-0.2, 0) is 11.3 Å². The zero-order valence-electron chi connectivity index (χ0n) is 18.1. The zero-order chi connectivity index (χ0) is 22.6. The number of amides is 1. The van der Waals surface area contributed by atoms with E-state index >= 15 is 0 Å². The van der Waals surface area contributed by atoms with Crippen molar-refractivity contribution in [2.75, 3.05) is 17.8 Å². The third-order valence-electron chi connectivity index (χ3n) is 5.42. The van der Waals surface area contributed by atoms with Crippen LogP contribution in [0.3, 0.4) is 0 Å². The average molecular weight is 478 g/mol. The Balaban J connectivity index is 1.36. The molecule has 0 spiro atoms. The number of rotatable bonds is 9. The molecular formula is C24H23N5O2S2. The number of hydrogen-bond donors (Lipinski definition) is 0. The summed E-state index contributed by atoms with van der Waals surface area (Å²) in [5.41, 5.74) is 1.83. The third-order valence-corrected chi connectivity index (χ3v) is 7.21. The van der Waals surface area contributed by atoms with E-state index in [1.807, 2.05) is 58.8 Å². The highest BCUT2D eigenvalue weighted by molar-refractivity contribution is 7.99. The van der Waals surface area contributed by atoms with Gasteiger partial charge in [0.1, 0.15) is 5.75 Å². The van der Waals surface area contributed by atoms with Crippen molar-refractivity contribution in [1.82, 2.24) is 19.7 Å². The van der Waals surface area contributed by atoms with E-state index in [1.165, 1.54) is 11.8 Å². The second-order valence-corrected chi connectivity index (χ2v) is 9.66. The van der Waals surface area contributed by atoms with Gasteiger partial charge in [-0.25, -0.2) is 0 Å². The quantitative estimate of drug-likeness (QED) is 0.313. The maximum Gasteiger partial charge on any atom is 0.237 e. The Morgan fingerprint density at radius 2 is 1.94 bits per heavy atom. The Hall–Kier alpha value is -3.17. The molecule has 3 heterocycles. The smallest absolute Gasteiger partial charge is 0.237 e. The molecular weight excluding hydrogens is 454 g/mol. The van der Waals surface area contributed by atoms with Crippen LogP contribution in [0.15, 0.2) is 71.5 Å². The minimum Gasteiger partial charge on any atom is -0.497 e. The summed E-state index contributed by atoms with van der Waals surface area (Å²) in [5.74, 6) is 1.89. The molecule has 0 saturated heterocycles. The number of hydrogen-bond acceptors (Lipinski definition) is 7. The molecule has 1 aliphatic carbocycles. The molecule has 3 aromatic heterocycles. The third kappa shape index (κ3) is 4.94. The van der Waals surface area contributed by atoms with Gasteiger partial charge in [-0.3, -0.25) is 14.3 Å². The van der Waals surface area contributed by atoms with Gasteiger partial charge in [0.05, 0.1) is 19.4 Å². The number of thioether (sulfide) groups is 1. The molecule has 5 rings (SSSR count). The first-order valence-corrected chi connectivity index (χ1v) is 12.5. The number of thiophene rings is 1. The number of carbonyl (C=O) groups excluding carboxylic acids is 1. The van der Waals surface area contributed by atoms with Crippen LogP contribution in [0.25, 0.3) is 11.4 Å². The van der Waals surface area contributed by atoms with Gasteiger partial charge in [0.2, 0.25) is 5.91 Å². The lowest BCUT2D eigenvalue weighted by Crippen LogP contribution is -2.31.